The molecule has 2 N–H and O–H groups in total. The van der Waals surface area contributed by atoms with Crippen molar-refractivity contribution < 1.29 is 9.59 Å². The van der Waals surface area contributed by atoms with E-state index in [0.717, 1.165) is 29.9 Å². The van der Waals surface area contributed by atoms with Crippen LogP contribution >= 0.6 is 0 Å². The molecule has 2 amide bonds. The lowest BCUT2D eigenvalue weighted by Crippen LogP contribution is -2.51. The molecule has 3 rings (SSSR count). The molecular weight excluding hydrogens is 306 g/mol. The smallest absolute Gasteiger partial charge is 0.240 e. The molecule has 0 saturated carbocycles. The van der Waals surface area contributed by atoms with Crippen molar-refractivity contribution in [1.82, 2.24) is 25.1 Å². The second-order valence-electron chi connectivity index (χ2n) is 5.98. The van der Waals surface area contributed by atoms with Crippen LogP contribution in [-0.4, -0.2) is 52.4 Å². The maximum absolute atomic E-state index is 12.3. The zero-order chi connectivity index (χ0) is 17.1. The molecular formula is C17H23N5O2. The van der Waals surface area contributed by atoms with Crippen molar-refractivity contribution in [2.24, 2.45) is 0 Å². The zero-order valence-corrected chi connectivity index (χ0v) is 14.1. The summed E-state index contributed by atoms with van der Waals surface area (Å²) in [7, 11) is 0. The average Bonchev–Trinajstić information content (AvgIpc) is 2.95. The van der Waals surface area contributed by atoms with Crippen molar-refractivity contribution in [3.05, 3.63) is 30.1 Å². The minimum Gasteiger partial charge on any atom is -0.345 e. The van der Waals surface area contributed by atoms with Crippen LogP contribution < -0.4 is 10.6 Å². The molecule has 128 valence electrons. The summed E-state index contributed by atoms with van der Waals surface area (Å²) in [6, 6.07) is 7.72. The lowest BCUT2D eigenvalue weighted by atomic mass is 10.3. The Balaban J connectivity index is 1.71. The van der Waals surface area contributed by atoms with Gasteiger partial charge in [0, 0.05) is 19.6 Å². The molecule has 1 aliphatic heterocycles. The average molecular weight is 329 g/mol. The van der Waals surface area contributed by atoms with Gasteiger partial charge < -0.3 is 20.1 Å². The fraction of sp³-hybridized carbons (Fsp3) is 0.471. The van der Waals surface area contributed by atoms with E-state index in [9.17, 15) is 9.59 Å². The molecule has 1 fully saturated rings. The van der Waals surface area contributed by atoms with Gasteiger partial charge >= 0.3 is 0 Å². The summed E-state index contributed by atoms with van der Waals surface area (Å²) in [5.74, 6) is 0.635. The number of carbonyl (C=O) groups excluding carboxylic acids is 2. The van der Waals surface area contributed by atoms with Crippen LogP contribution in [0.25, 0.3) is 11.0 Å². The minimum absolute atomic E-state index is 0.0372. The van der Waals surface area contributed by atoms with Gasteiger partial charge in [-0.15, -0.1) is 0 Å². The maximum Gasteiger partial charge on any atom is 0.240 e. The van der Waals surface area contributed by atoms with Gasteiger partial charge in [0.25, 0.3) is 0 Å². The van der Waals surface area contributed by atoms with Crippen LogP contribution in [0.1, 0.15) is 25.7 Å². The van der Waals surface area contributed by atoms with E-state index in [2.05, 4.69) is 27.1 Å². The lowest BCUT2D eigenvalue weighted by molar-refractivity contribution is -0.136. The van der Waals surface area contributed by atoms with E-state index < -0.39 is 0 Å². The molecule has 1 aromatic carbocycles. The van der Waals surface area contributed by atoms with Gasteiger partial charge in [-0.1, -0.05) is 12.1 Å². The zero-order valence-electron chi connectivity index (χ0n) is 14.1. The molecule has 1 aromatic heterocycles. The first-order valence-corrected chi connectivity index (χ1v) is 8.33. The van der Waals surface area contributed by atoms with Gasteiger partial charge in [0.05, 0.1) is 30.2 Å². The molecule has 24 heavy (non-hydrogen) atoms. The number of fused-ring (bicyclic) bond motifs is 1. The van der Waals surface area contributed by atoms with Crippen molar-refractivity contribution in [1.29, 1.82) is 0 Å². The maximum atomic E-state index is 12.3. The Morgan fingerprint density at radius 3 is 2.96 bits per heavy atom. The largest absolute Gasteiger partial charge is 0.345 e. The highest BCUT2D eigenvalue weighted by Crippen LogP contribution is 2.20. The molecule has 1 saturated heterocycles. The monoisotopic (exact) mass is 329 g/mol. The van der Waals surface area contributed by atoms with Gasteiger partial charge in [-0.25, -0.2) is 4.98 Å². The number of rotatable bonds is 5. The highest BCUT2D eigenvalue weighted by atomic mass is 16.2. The molecule has 2 heterocycles. The Morgan fingerprint density at radius 1 is 1.42 bits per heavy atom. The number of hydrogen-bond acceptors (Lipinski definition) is 4. The predicted octanol–water partition coefficient (Wildman–Crippen LogP) is 0.665. The SMILES string of the molecule is CCn1c([C@H](C)NC(=O)CN2CCNCC2=O)nc2ccccc21. The first kappa shape index (κ1) is 16.4. The van der Waals surface area contributed by atoms with E-state index in [1.165, 1.54) is 0 Å². The number of piperazine rings is 1. The highest BCUT2D eigenvalue weighted by Gasteiger charge is 2.22. The first-order valence-electron chi connectivity index (χ1n) is 8.33. The topological polar surface area (TPSA) is 79.3 Å². The van der Waals surface area contributed by atoms with Gasteiger partial charge in [0.1, 0.15) is 5.82 Å². The van der Waals surface area contributed by atoms with Gasteiger partial charge in [0.2, 0.25) is 11.8 Å². The van der Waals surface area contributed by atoms with Gasteiger partial charge in [-0.2, -0.15) is 0 Å². The summed E-state index contributed by atoms with van der Waals surface area (Å²) >= 11 is 0. The van der Waals surface area contributed by atoms with E-state index >= 15 is 0 Å². The molecule has 0 bridgehead atoms. The quantitative estimate of drug-likeness (QED) is 0.845. The van der Waals surface area contributed by atoms with Crippen molar-refractivity contribution in [2.45, 2.75) is 26.4 Å². The Morgan fingerprint density at radius 2 is 2.21 bits per heavy atom. The predicted molar refractivity (Wildman–Crippen MR) is 91.4 cm³/mol. The molecule has 1 aliphatic rings. The fourth-order valence-electron chi connectivity index (χ4n) is 3.10. The number of para-hydroxylation sites is 2. The summed E-state index contributed by atoms with van der Waals surface area (Å²) in [5, 5.41) is 5.96. The number of aryl methyl sites for hydroxylation is 1. The third-order valence-corrected chi connectivity index (χ3v) is 4.29. The lowest BCUT2D eigenvalue weighted by Gasteiger charge is -2.27. The molecule has 0 spiro atoms. The third-order valence-electron chi connectivity index (χ3n) is 4.29. The number of nitrogens with one attached hydrogen (secondary N) is 2. The number of nitrogens with zero attached hydrogens (tertiary/aromatic N) is 3. The van der Waals surface area contributed by atoms with Crippen molar-refractivity contribution >= 4 is 22.8 Å². The van der Waals surface area contributed by atoms with Gasteiger partial charge in [-0.05, 0) is 26.0 Å². The van der Waals surface area contributed by atoms with Crippen LogP contribution in [0.4, 0.5) is 0 Å². The Labute approximate surface area is 141 Å². The second kappa shape index (κ2) is 7.00. The van der Waals surface area contributed by atoms with Crippen LogP contribution in [0, 0.1) is 0 Å². The van der Waals surface area contributed by atoms with Crippen LogP contribution in [0.5, 0.6) is 0 Å². The van der Waals surface area contributed by atoms with Crippen molar-refractivity contribution in [3.8, 4) is 0 Å². The van der Waals surface area contributed by atoms with E-state index in [0.29, 0.717) is 13.1 Å². The number of carbonyl (C=O) groups is 2. The van der Waals surface area contributed by atoms with Crippen LogP contribution in [0.15, 0.2) is 24.3 Å². The molecule has 0 radical (unpaired) electrons. The van der Waals surface area contributed by atoms with E-state index in [1.807, 2.05) is 31.2 Å². The second-order valence-corrected chi connectivity index (χ2v) is 5.98. The first-order chi connectivity index (χ1) is 11.6. The van der Waals surface area contributed by atoms with Crippen LogP contribution in [0.3, 0.4) is 0 Å². The number of amides is 2. The van der Waals surface area contributed by atoms with E-state index in [4.69, 9.17) is 0 Å². The van der Waals surface area contributed by atoms with E-state index in [1.54, 1.807) is 4.90 Å². The Bertz CT molecular complexity index is 755. The summed E-state index contributed by atoms with van der Waals surface area (Å²) < 4.78 is 2.11. The van der Waals surface area contributed by atoms with Crippen LogP contribution in [0.2, 0.25) is 0 Å². The number of imidazole rings is 1. The molecule has 1 atom stereocenters. The van der Waals surface area contributed by atoms with Crippen LogP contribution in [-0.2, 0) is 16.1 Å². The Kier molecular flexibility index (Phi) is 4.80. The summed E-state index contributed by atoms with van der Waals surface area (Å²) in [4.78, 5) is 30.3. The van der Waals surface area contributed by atoms with Crippen molar-refractivity contribution in [2.75, 3.05) is 26.2 Å². The summed E-state index contributed by atoms with van der Waals surface area (Å²) in [5.41, 5.74) is 1.99. The highest BCUT2D eigenvalue weighted by molar-refractivity contribution is 5.86. The molecule has 7 nitrogen and oxygen atoms in total. The number of benzene rings is 1. The van der Waals surface area contributed by atoms with E-state index in [-0.39, 0.29) is 24.4 Å². The molecule has 0 unspecified atom stereocenters. The summed E-state index contributed by atoms with van der Waals surface area (Å²) in [6.07, 6.45) is 0. The molecule has 7 heteroatoms. The normalized spacial score (nSPS) is 16.4. The van der Waals surface area contributed by atoms with Gasteiger partial charge in [0.15, 0.2) is 0 Å². The third kappa shape index (κ3) is 3.26. The fourth-order valence-corrected chi connectivity index (χ4v) is 3.10. The molecule has 0 aliphatic carbocycles. The molecule has 2 aromatic rings. The van der Waals surface area contributed by atoms with Gasteiger partial charge in [-0.3, -0.25) is 9.59 Å². The van der Waals surface area contributed by atoms with Crippen molar-refractivity contribution in [3.63, 3.8) is 0 Å². The Hall–Kier alpha value is -2.41. The minimum atomic E-state index is -0.220. The standard InChI is InChI=1S/C17H23N5O2/c1-3-22-14-7-5-4-6-13(14)20-17(22)12(2)19-15(23)11-21-9-8-18-10-16(21)24/h4-7,12,18H,3,8-11H2,1-2H3,(H,19,23)/t12-/m0/s1. The summed E-state index contributed by atoms with van der Waals surface area (Å²) in [6.45, 7) is 6.45. The number of aromatic nitrogens is 2. The number of hydrogen-bond donors (Lipinski definition) is 2.